The predicted octanol–water partition coefficient (Wildman–Crippen LogP) is 11.1. The van der Waals surface area contributed by atoms with Crippen LogP contribution in [0, 0.1) is 0 Å². The molecule has 3 aromatic heterocycles. The Morgan fingerprint density at radius 3 is 1.68 bits per heavy atom. The van der Waals surface area contributed by atoms with E-state index >= 15 is 0 Å². The van der Waals surface area contributed by atoms with Crippen LogP contribution >= 0.6 is 0 Å². The summed E-state index contributed by atoms with van der Waals surface area (Å²) in [6, 6.07) is 59.3. The van der Waals surface area contributed by atoms with Crippen LogP contribution in [0.4, 0.5) is 0 Å². The Hall–Kier alpha value is -6.85. The second kappa shape index (κ2) is 11.4. The Kier molecular flexibility index (Phi) is 6.42. The summed E-state index contributed by atoms with van der Waals surface area (Å²) < 4.78 is 4.68. The minimum Gasteiger partial charge on any atom is -0.317 e. The van der Waals surface area contributed by atoms with Gasteiger partial charge in [-0.1, -0.05) is 127 Å². The first-order valence-corrected chi connectivity index (χ1v) is 16.8. The predicted molar refractivity (Wildman–Crippen MR) is 205 cm³/mol. The van der Waals surface area contributed by atoms with Crippen LogP contribution in [0.1, 0.15) is 0 Å². The van der Waals surface area contributed by atoms with Gasteiger partial charge in [0.2, 0.25) is 0 Å². The lowest BCUT2D eigenvalue weighted by Crippen LogP contribution is -2.01. The Morgan fingerprint density at radius 1 is 0.380 bits per heavy atom. The highest BCUT2D eigenvalue weighted by Gasteiger charge is 2.19. The van der Waals surface area contributed by atoms with E-state index in [1.807, 2.05) is 60.7 Å². The van der Waals surface area contributed by atoms with Gasteiger partial charge in [-0.15, -0.1) is 0 Å². The van der Waals surface area contributed by atoms with Crippen LogP contribution in [0.2, 0.25) is 0 Å². The van der Waals surface area contributed by atoms with Gasteiger partial charge < -0.3 is 9.13 Å². The summed E-state index contributed by atoms with van der Waals surface area (Å²) in [5.41, 5.74) is 8.52. The molecule has 5 heteroatoms. The number of hydrogen-bond donors (Lipinski definition) is 0. The van der Waals surface area contributed by atoms with Crippen molar-refractivity contribution in [1.82, 2.24) is 24.1 Å². The molecule has 0 aliphatic heterocycles. The average molecular weight is 640 g/mol. The molecule has 5 nitrogen and oxygen atoms in total. The molecule has 0 atom stereocenters. The van der Waals surface area contributed by atoms with Crippen LogP contribution in [-0.2, 0) is 0 Å². The van der Waals surface area contributed by atoms with E-state index in [1.165, 1.54) is 38.0 Å². The van der Waals surface area contributed by atoms with Crippen molar-refractivity contribution >= 4 is 43.5 Å². The average Bonchev–Trinajstić information content (AvgIpc) is 3.79. The van der Waals surface area contributed by atoms with Crippen molar-refractivity contribution in [3.05, 3.63) is 176 Å². The van der Waals surface area contributed by atoms with E-state index in [1.54, 1.807) is 0 Å². The van der Waals surface area contributed by atoms with Crippen molar-refractivity contribution in [3.63, 3.8) is 0 Å². The van der Waals surface area contributed by atoms with E-state index < -0.39 is 0 Å². The number of fused-ring (bicyclic) bond motifs is 7. The molecule has 0 fully saturated rings. The molecule has 10 aromatic rings. The number of benzene rings is 7. The largest absolute Gasteiger partial charge is 0.317 e. The third kappa shape index (κ3) is 4.52. The molecule has 7 aromatic carbocycles. The van der Waals surface area contributed by atoms with Gasteiger partial charge in [0.15, 0.2) is 17.5 Å². The Labute approximate surface area is 288 Å². The van der Waals surface area contributed by atoms with Gasteiger partial charge in [0.25, 0.3) is 0 Å². The van der Waals surface area contributed by atoms with Crippen molar-refractivity contribution in [2.75, 3.05) is 0 Å². The maximum Gasteiger partial charge on any atom is 0.164 e. The fourth-order valence-corrected chi connectivity index (χ4v) is 7.29. The van der Waals surface area contributed by atoms with E-state index in [-0.39, 0.29) is 0 Å². The number of hydrogen-bond acceptors (Lipinski definition) is 3. The van der Waals surface area contributed by atoms with Crippen LogP contribution in [0.5, 0.6) is 0 Å². The maximum absolute atomic E-state index is 5.03. The normalized spacial score (nSPS) is 11.6. The van der Waals surface area contributed by atoms with E-state index in [0.29, 0.717) is 17.5 Å². The molecular weight excluding hydrogens is 611 g/mol. The Morgan fingerprint density at radius 2 is 0.960 bits per heavy atom. The van der Waals surface area contributed by atoms with E-state index in [0.717, 1.165) is 33.6 Å². The second-order valence-corrected chi connectivity index (χ2v) is 12.5. The summed E-state index contributed by atoms with van der Waals surface area (Å²) in [4.78, 5) is 15.0. The number of aromatic nitrogens is 5. The summed E-state index contributed by atoms with van der Waals surface area (Å²) >= 11 is 0. The topological polar surface area (TPSA) is 48.5 Å². The minimum atomic E-state index is 0.632. The molecule has 0 unspecified atom stereocenters. The van der Waals surface area contributed by atoms with Crippen LogP contribution in [0.15, 0.2) is 176 Å². The first-order chi connectivity index (χ1) is 24.8. The van der Waals surface area contributed by atoms with E-state index in [9.17, 15) is 0 Å². The molecule has 50 heavy (non-hydrogen) atoms. The van der Waals surface area contributed by atoms with Gasteiger partial charge in [0.1, 0.15) is 0 Å². The molecule has 3 heterocycles. The third-order valence-electron chi connectivity index (χ3n) is 9.58. The summed E-state index contributed by atoms with van der Waals surface area (Å²) in [5.74, 6) is 1.92. The van der Waals surface area contributed by atoms with Crippen molar-refractivity contribution in [3.8, 4) is 45.5 Å². The minimum absolute atomic E-state index is 0.632. The van der Waals surface area contributed by atoms with Gasteiger partial charge in [-0.05, 0) is 47.9 Å². The van der Waals surface area contributed by atoms with Crippen LogP contribution in [-0.4, -0.2) is 24.1 Å². The summed E-state index contributed by atoms with van der Waals surface area (Å²) in [5, 5.41) is 6.08. The van der Waals surface area contributed by atoms with Gasteiger partial charge in [-0.2, -0.15) is 0 Å². The molecule has 0 aliphatic rings. The van der Waals surface area contributed by atoms with E-state index in [2.05, 4.69) is 125 Å². The molecule has 0 radical (unpaired) electrons. The first-order valence-electron chi connectivity index (χ1n) is 16.8. The van der Waals surface area contributed by atoms with Gasteiger partial charge in [0.05, 0.1) is 16.6 Å². The van der Waals surface area contributed by atoms with Gasteiger partial charge in [0, 0.05) is 55.8 Å². The Bertz CT molecular complexity index is 2800. The zero-order valence-electron chi connectivity index (χ0n) is 27.0. The Balaban J connectivity index is 1.23. The molecule has 234 valence electrons. The van der Waals surface area contributed by atoms with Gasteiger partial charge in [-0.25, -0.2) is 15.0 Å². The van der Waals surface area contributed by atoms with Crippen LogP contribution in [0.3, 0.4) is 0 Å². The molecule has 10 rings (SSSR count). The first kappa shape index (κ1) is 28.2. The zero-order valence-corrected chi connectivity index (χ0v) is 27.0. The quantitative estimate of drug-likeness (QED) is 0.188. The van der Waals surface area contributed by atoms with Crippen molar-refractivity contribution in [2.45, 2.75) is 0 Å². The molecule has 0 saturated heterocycles. The smallest absolute Gasteiger partial charge is 0.164 e. The third-order valence-corrected chi connectivity index (χ3v) is 9.58. The standard InChI is InChI=1S/C45H29N5/c1-4-13-31(14-5-1)43-46-44(32-15-6-2-7-16-32)48-45(47-43)33-17-12-20-35(29-33)50-40-22-11-10-21-36(40)37-25-23-30-24-26-39-38(41(30)42(37)50)27-28-49(39)34-18-8-3-9-19-34/h1-29H. The molecular formula is C45H29N5. The summed E-state index contributed by atoms with van der Waals surface area (Å²) in [6.07, 6.45) is 2.18. The summed E-state index contributed by atoms with van der Waals surface area (Å²) in [7, 11) is 0. The number of rotatable bonds is 5. The highest BCUT2D eigenvalue weighted by Crippen LogP contribution is 2.40. The van der Waals surface area contributed by atoms with Crippen LogP contribution < -0.4 is 0 Å². The number of para-hydroxylation sites is 2. The monoisotopic (exact) mass is 639 g/mol. The lowest BCUT2D eigenvalue weighted by molar-refractivity contribution is 1.07. The highest BCUT2D eigenvalue weighted by molar-refractivity contribution is 6.25. The second-order valence-electron chi connectivity index (χ2n) is 12.5. The molecule has 0 N–H and O–H groups in total. The van der Waals surface area contributed by atoms with Crippen molar-refractivity contribution in [1.29, 1.82) is 0 Å². The molecule has 0 saturated carbocycles. The lowest BCUT2D eigenvalue weighted by atomic mass is 10.0. The highest BCUT2D eigenvalue weighted by atomic mass is 15.0. The van der Waals surface area contributed by atoms with Crippen molar-refractivity contribution < 1.29 is 0 Å². The zero-order chi connectivity index (χ0) is 33.0. The molecule has 0 bridgehead atoms. The maximum atomic E-state index is 5.03. The molecule has 0 aliphatic carbocycles. The SMILES string of the molecule is c1ccc(-c2nc(-c3ccccc3)nc(-c3cccc(-n4c5ccccc5c5ccc6ccc7c(ccn7-c7ccccc7)c6c54)c3)n2)cc1. The fourth-order valence-electron chi connectivity index (χ4n) is 7.29. The van der Waals surface area contributed by atoms with Crippen molar-refractivity contribution in [2.24, 2.45) is 0 Å². The lowest BCUT2D eigenvalue weighted by Gasteiger charge is -2.13. The fraction of sp³-hybridized carbons (Fsp3) is 0. The number of nitrogens with zero attached hydrogens (tertiary/aromatic N) is 5. The van der Waals surface area contributed by atoms with E-state index in [4.69, 9.17) is 15.0 Å². The van der Waals surface area contributed by atoms with Gasteiger partial charge >= 0.3 is 0 Å². The van der Waals surface area contributed by atoms with Gasteiger partial charge in [-0.3, -0.25) is 0 Å². The van der Waals surface area contributed by atoms with Crippen LogP contribution in [0.25, 0.3) is 89.0 Å². The molecule has 0 spiro atoms. The molecule has 0 amide bonds. The summed E-state index contributed by atoms with van der Waals surface area (Å²) in [6.45, 7) is 0.